The van der Waals surface area contributed by atoms with Gasteiger partial charge in [0.25, 0.3) is 5.91 Å². The van der Waals surface area contributed by atoms with Crippen LogP contribution in [0.2, 0.25) is 0 Å². The molecule has 1 aliphatic heterocycles. The van der Waals surface area contributed by atoms with E-state index in [-0.39, 0.29) is 5.57 Å². The third-order valence-corrected chi connectivity index (χ3v) is 4.60. The molecule has 0 fully saturated rings. The number of anilines is 1. The molecule has 0 unspecified atom stereocenters. The number of aliphatic hydroxyl groups is 1. The maximum atomic E-state index is 13.0. The molecule has 0 radical (unpaired) electrons. The molecular weight excluding hydrogens is 366 g/mol. The lowest BCUT2D eigenvalue weighted by atomic mass is 9.96. The number of pyridine rings is 2. The van der Waals surface area contributed by atoms with Crippen LogP contribution in [0.4, 0.5) is 5.82 Å². The number of hydrogen-bond acceptors (Lipinski definition) is 5. The Bertz CT molecular complexity index is 1090. The predicted octanol–water partition coefficient (Wildman–Crippen LogP) is 3.66. The van der Waals surface area contributed by atoms with Crippen molar-refractivity contribution in [3.63, 3.8) is 0 Å². The van der Waals surface area contributed by atoms with Crippen LogP contribution >= 0.6 is 0 Å². The maximum absolute atomic E-state index is 13.0. The average molecular weight is 383 g/mol. The summed E-state index contributed by atoms with van der Waals surface area (Å²) in [5, 5.41) is 10.6. The Morgan fingerprint density at radius 2 is 1.79 bits per heavy atom. The number of nitrogens with zero attached hydrogens (tertiary/aromatic N) is 3. The molecular formula is C23H17N3O3. The zero-order chi connectivity index (χ0) is 20.2. The molecule has 142 valence electrons. The molecule has 6 nitrogen and oxygen atoms in total. The standard InChI is InChI=1S/C23H17N3O3/c27-18(12-11-16-7-2-1-3-8-16)20-21(17-9-6-13-24-15-17)26(23(29)22(20)28)19-10-4-5-14-25-19/h1-15,21,28H/b12-11+/t21-/m0/s1. The lowest BCUT2D eigenvalue weighted by Crippen LogP contribution is -2.31. The summed E-state index contributed by atoms with van der Waals surface area (Å²) in [5.41, 5.74) is 1.44. The van der Waals surface area contributed by atoms with Gasteiger partial charge in [0.2, 0.25) is 0 Å². The van der Waals surface area contributed by atoms with Gasteiger partial charge in [-0.1, -0.05) is 48.5 Å². The molecule has 1 N–H and O–H groups in total. The van der Waals surface area contributed by atoms with Gasteiger partial charge in [-0.05, 0) is 35.4 Å². The van der Waals surface area contributed by atoms with Crippen molar-refractivity contribution in [1.29, 1.82) is 0 Å². The third-order valence-electron chi connectivity index (χ3n) is 4.60. The Morgan fingerprint density at radius 3 is 2.48 bits per heavy atom. The highest BCUT2D eigenvalue weighted by Gasteiger charge is 2.44. The lowest BCUT2D eigenvalue weighted by molar-refractivity contribution is -0.117. The fraction of sp³-hybridized carbons (Fsp3) is 0.0435. The number of carbonyl (C=O) groups is 2. The van der Waals surface area contributed by atoms with Gasteiger partial charge in [-0.2, -0.15) is 0 Å². The van der Waals surface area contributed by atoms with E-state index < -0.39 is 23.5 Å². The number of aromatic nitrogens is 2. The average Bonchev–Trinajstić information content (AvgIpc) is 3.05. The number of benzene rings is 1. The molecule has 1 amide bonds. The van der Waals surface area contributed by atoms with Crippen molar-refractivity contribution in [2.75, 3.05) is 4.90 Å². The van der Waals surface area contributed by atoms with Crippen LogP contribution in [-0.2, 0) is 9.59 Å². The number of rotatable bonds is 5. The van der Waals surface area contributed by atoms with Crippen molar-refractivity contribution >= 4 is 23.6 Å². The van der Waals surface area contributed by atoms with Gasteiger partial charge in [0, 0.05) is 18.6 Å². The van der Waals surface area contributed by atoms with Crippen molar-refractivity contribution in [2.24, 2.45) is 0 Å². The molecule has 0 saturated heterocycles. The van der Waals surface area contributed by atoms with Crippen LogP contribution in [0, 0.1) is 0 Å². The number of amides is 1. The van der Waals surface area contributed by atoms with Gasteiger partial charge in [0.1, 0.15) is 5.82 Å². The Labute approximate surface area is 167 Å². The van der Waals surface area contributed by atoms with Crippen LogP contribution in [0.1, 0.15) is 17.2 Å². The Hall–Kier alpha value is -4.06. The van der Waals surface area contributed by atoms with Crippen LogP contribution in [0.3, 0.4) is 0 Å². The van der Waals surface area contributed by atoms with E-state index in [0.717, 1.165) is 5.56 Å². The van der Waals surface area contributed by atoms with E-state index in [4.69, 9.17) is 0 Å². The van der Waals surface area contributed by atoms with Crippen LogP contribution < -0.4 is 4.90 Å². The topological polar surface area (TPSA) is 83.4 Å². The van der Waals surface area contributed by atoms with Crippen molar-refractivity contribution in [3.8, 4) is 0 Å². The summed E-state index contributed by atoms with van der Waals surface area (Å²) >= 11 is 0. The fourth-order valence-electron chi connectivity index (χ4n) is 3.27. The third kappa shape index (κ3) is 3.55. The SMILES string of the molecule is O=C(/C=C/c1ccccc1)C1=C(O)C(=O)N(c2ccccn2)[C@H]1c1cccnc1. The summed E-state index contributed by atoms with van der Waals surface area (Å²) in [7, 11) is 0. The second-order valence-corrected chi connectivity index (χ2v) is 6.42. The van der Waals surface area contributed by atoms with Crippen molar-refractivity contribution in [3.05, 3.63) is 108 Å². The number of aliphatic hydroxyl groups excluding tert-OH is 1. The minimum Gasteiger partial charge on any atom is -0.503 e. The van der Waals surface area contributed by atoms with E-state index >= 15 is 0 Å². The summed E-state index contributed by atoms with van der Waals surface area (Å²) in [6, 6.07) is 17.1. The van der Waals surface area contributed by atoms with E-state index in [0.29, 0.717) is 11.4 Å². The number of hydrogen-bond donors (Lipinski definition) is 1. The van der Waals surface area contributed by atoms with Crippen molar-refractivity contribution < 1.29 is 14.7 Å². The van der Waals surface area contributed by atoms with Crippen LogP contribution in [0.25, 0.3) is 6.08 Å². The monoisotopic (exact) mass is 383 g/mol. The minimum atomic E-state index is -0.820. The van der Waals surface area contributed by atoms with Gasteiger partial charge in [0.05, 0.1) is 11.6 Å². The van der Waals surface area contributed by atoms with E-state index in [1.807, 2.05) is 30.3 Å². The number of ketones is 1. The molecule has 0 bridgehead atoms. The molecule has 6 heteroatoms. The summed E-state index contributed by atoms with van der Waals surface area (Å²) in [5.74, 6) is -1.36. The predicted molar refractivity (Wildman–Crippen MR) is 109 cm³/mol. The molecule has 0 spiro atoms. The molecule has 0 saturated carbocycles. The Balaban J connectivity index is 1.77. The van der Waals surface area contributed by atoms with Crippen LogP contribution in [0.5, 0.6) is 0 Å². The van der Waals surface area contributed by atoms with Gasteiger partial charge < -0.3 is 5.11 Å². The quantitative estimate of drug-likeness (QED) is 0.680. The summed E-state index contributed by atoms with van der Waals surface area (Å²) < 4.78 is 0. The van der Waals surface area contributed by atoms with Gasteiger partial charge in [0.15, 0.2) is 11.5 Å². The van der Waals surface area contributed by atoms with Gasteiger partial charge in [-0.3, -0.25) is 19.5 Å². The lowest BCUT2D eigenvalue weighted by Gasteiger charge is -2.25. The smallest absolute Gasteiger partial charge is 0.295 e. The number of carbonyl (C=O) groups excluding carboxylic acids is 2. The zero-order valence-corrected chi connectivity index (χ0v) is 15.3. The summed E-state index contributed by atoms with van der Waals surface area (Å²) in [6.07, 6.45) is 7.73. The normalized spacial score (nSPS) is 16.6. The fourth-order valence-corrected chi connectivity index (χ4v) is 3.27. The maximum Gasteiger partial charge on any atom is 0.295 e. The highest BCUT2D eigenvalue weighted by atomic mass is 16.3. The molecule has 0 aliphatic carbocycles. The second kappa shape index (κ2) is 7.90. The molecule has 1 atom stereocenters. The minimum absolute atomic E-state index is 0.000772. The first kappa shape index (κ1) is 18.3. The highest BCUT2D eigenvalue weighted by molar-refractivity contribution is 6.19. The van der Waals surface area contributed by atoms with E-state index in [1.165, 1.54) is 11.0 Å². The Morgan fingerprint density at radius 1 is 1.00 bits per heavy atom. The first-order valence-corrected chi connectivity index (χ1v) is 9.02. The summed E-state index contributed by atoms with van der Waals surface area (Å²) in [6.45, 7) is 0. The molecule has 1 aromatic carbocycles. The molecule has 2 aromatic heterocycles. The van der Waals surface area contributed by atoms with Gasteiger partial charge in [-0.25, -0.2) is 4.98 Å². The zero-order valence-electron chi connectivity index (χ0n) is 15.3. The van der Waals surface area contributed by atoms with Gasteiger partial charge in [-0.15, -0.1) is 0 Å². The van der Waals surface area contributed by atoms with Crippen LogP contribution in [-0.4, -0.2) is 26.8 Å². The molecule has 29 heavy (non-hydrogen) atoms. The van der Waals surface area contributed by atoms with Crippen molar-refractivity contribution in [1.82, 2.24) is 9.97 Å². The van der Waals surface area contributed by atoms with Crippen LogP contribution in [0.15, 0.2) is 96.7 Å². The molecule has 1 aliphatic rings. The number of allylic oxidation sites excluding steroid dienone is 1. The van der Waals surface area contributed by atoms with Crippen molar-refractivity contribution in [2.45, 2.75) is 6.04 Å². The largest absolute Gasteiger partial charge is 0.503 e. The van der Waals surface area contributed by atoms with E-state index in [2.05, 4.69) is 9.97 Å². The molecule has 4 rings (SSSR count). The first-order valence-electron chi connectivity index (χ1n) is 9.02. The first-order chi connectivity index (χ1) is 14.2. The molecule has 3 aromatic rings. The van der Waals surface area contributed by atoms with Gasteiger partial charge >= 0.3 is 0 Å². The second-order valence-electron chi connectivity index (χ2n) is 6.42. The highest BCUT2D eigenvalue weighted by Crippen LogP contribution is 2.40. The Kier molecular flexibility index (Phi) is 4.99. The molecule has 3 heterocycles. The van der Waals surface area contributed by atoms with E-state index in [1.54, 1.807) is 55.0 Å². The summed E-state index contributed by atoms with van der Waals surface area (Å²) in [4.78, 5) is 35.5. The van der Waals surface area contributed by atoms with E-state index in [9.17, 15) is 14.7 Å².